The Balaban J connectivity index is 1.56. The minimum absolute atomic E-state index is 0.0914. The Kier molecular flexibility index (Phi) is 4.91. The van der Waals surface area contributed by atoms with Crippen LogP contribution in [0, 0.1) is 5.92 Å². The molecule has 7 heteroatoms. The number of carbonyl (C=O) groups is 4. The topological polar surface area (TPSA) is 86.8 Å². The molecule has 1 aromatic carbocycles. The Hall–Kier alpha value is -2.70. The average molecular weight is 383 g/mol. The molecule has 3 heterocycles. The highest BCUT2D eigenvalue weighted by Gasteiger charge is 2.43. The second-order valence-corrected chi connectivity index (χ2v) is 7.97. The lowest BCUT2D eigenvalue weighted by atomic mass is 9.93. The van der Waals surface area contributed by atoms with Gasteiger partial charge in [-0.1, -0.05) is 0 Å². The van der Waals surface area contributed by atoms with Crippen molar-refractivity contribution in [3.63, 3.8) is 0 Å². The van der Waals surface area contributed by atoms with E-state index in [0.717, 1.165) is 49.2 Å². The number of nitrogens with one attached hydrogen (secondary N) is 1. The van der Waals surface area contributed by atoms with Crippen LogP contribution in [0.2, 0.25) is 0 Å². The largest absolute Gasteiger partial charge is 0.372 e. The number of carbonyl (C=O) groups excluding carboxylic acids is 4. The quantitative estimate of drug-likeness (QED) is 0.632. The molecule has 3 aliphatic rings. The monoisotopic (exact) mass is 383 g/mol. The van der Waals surface area contributed by atoms with Crippen molar-refractivity contribution in [2.75, 3.05) is 22.9 Å². The first-order valence-corrected chi connectivity index (χ1v) is 9.99. The van der Waals surface area contributed by atoms with Crippen molar-refractivity contribution in [2.45, 2.75) is 51.0 Å². The Bertz CT molecular complexity index is 829. The van der Waals surface area contributed by atoms with Gasteiger partial charge >= 0.3 is 0 Å². The Morgan fingerprint density at radius 1 is 1.14 bits per heavy atom. The van der Waals surface area contributed by atoms with Gasteiger partial charge in [-0.15, -0.1) is 0 Å². The van der Waals surface area contributed by atoms with E-state index in [1.807, 2.05) is 19.1 Å². The van der Waals surface area contributed by atoms with Crippen LogP contribution < -0.4 is 15.1 Å². The van der Waals surface area contributed by atoms with E-state index in [0.29, 0.717) is 18.8 Å². The number of fused-ring (bicyclic) bond motifs is 1. The highest BCUT2D eigenvalue weighted by atomic mass is 16.2. The molecule has 2 saturated heterocycles. The maximum Gasteiger partial charge on any atom is 0.249 e. The smallest absolute Gasteiger partial charge is 0.249 e. The Labute approximate surface area is 164 Å². The fourth-order valence-corrected chi connectivity index (χ4v) is 4.58. The highest BCUT2D eigenvalue weighted by molar-refractivity contribution is 6.12. The fourth-order valence-electron chi connectivity index (χ4n) is 4.58. The number of amides is 3. The van der Waals surface area contributed by atoms with Gasteiger partial charge in [-0.25, -0.2) is 0 Å². The van der Waals surface area contributed by atoms with Crippen molar-refractivity contribution in [2.24, 2.45) is 5.92 Å². The van der Waals surface area contributed by atoms with Gasteiger partial charge in [-0.2, -0.15) is 0 Å². The van der Waals surface area contributed by atoms with Gasteiger partial charge in [0.25, 0.3) is 0 Å². The predicted molar refractivity (Wildman–Crippen MR) is 104 cm³/mol. The highest BCUT2D eigenvalue weighted by Crippen LogP contribution is 2.42. The number of hydrogen-bond acceptors (Lipinski definition) is 5. The molecule has 0 aromatic heterocycles. The van der Waals surface area contributed by atoms with Crippen LogP contribution in [0.4, 0.5) is 11.4 Å². The van der Waals surface area contributed by atoms with Gasteiger partial charge in [0.2, 0.25) is 17.7 Å². The number of nitrogens with zero attached hydrogens (tertiary/aromatic N) is 2. The lowest BCUT2D eigenvalue weighted by Crippen LogP contribution is -2.53. The molecule has 0 aliphatic carbocycles. The Morgan fingerprint density at radius 2 is 1.89 bits per heavy atom. The molecule has 0 spiro atoms. The van der Waals surface area contributed by atoms with E-state index in [9.17, 15) is 19.2 Å². The summed E-state index contributed by atoms with van der Waals surface area (Å²) in [6.07, 6.45) is 4.22. The second-order valence-electron chi connectivity index (χ2n) is 7.97. The molecule has 1 aromatic rings. The molecule has 0 bridgehead atoms. The standard InChI is InChI=1S/C21H25N3O4/c1-13-16-12-15(23-9-6-14(7-10-23)8-11-25)2-3-17(16)24(21(13)28)18-4-5-19(26)22-20(18)27/h2-3,11-14,18H,4-10H2,1H3,(H,22,26,27). The Morgan fingerprint density at radius 3 is 2.57 bits per heavy atom. The van der Waals surface area contributed by atoms with Crippen molar-refractivity contribution in [1.29, 1.82) is 0 Å². The molecule has 3 aliphatic heterocycles. The average Bonchev–Trinajstić information content (AvgIpc) is 2.93. The molecule has 2 atom stereocenters. The molecular formula is C21H25N3O4. The second kappa shape index (κ2) is 7.37. The number of anilines is 2. The van der Waals surface area contributed by atoms with Crippen LogP contribution in [0.5, 0.6) is 0 Å². The van der Waals surface area contributed by atoms with Crippen molar-refractivity contribution < 1.29 is 19.2 Å². The summed E-state index contributed by atoms with van der Waals surface area (Å²) >= 11 is 0. The van der Waals surface area contributed by atoms with Crippen molar-refractivity contribution in [3.05, 3.63) is 23.8 Å². The number of aldehydes is 1. The summed E-state index contributed by atoms with van der Waals surface area (Å²) in [5, 5.41) is 2.35. The number of rotatable bonds is 4. The van der Waals surface area contributed by atoms with Crippen LogP contribution in [0.15, 0.2) is 18.2 Å². The molecule has 3 amide bonds. The summed E-state index contributed by atoms with van der Waals surface area (Å²) in [5.74, 6) is -0.619. The van der Waals surface area contributed by atoms with Crippen LogP contribution in [0.25, 0.3) is 0 Å². The number of hydrogen-bond donors (Lipinski definition) is 1. The van der Waals surface area contributed by atoms with Gasteiger partial charge in [0.1, 0.15) is 12.3 Å². The first-order chi connectivity index (χ1) is 13.5. The molecule has 28 heavy (non-hydrogen) atoms. The zero-order valence-electron chi connectivity index (χ0n) is 16.0. The van der Waals surface area contributed by atoms with Gasteiger partial charge < -0.3 is 9.69 Å². The van der Waals surface area contributed by atoms with Gasteiger partial charge in [-0.05, 0) is 55.9 Å². The maximum absolute atomic E-state index is 12.9. The third-order valence-corrected chi connectivity index (χ3v) is 6.28. The molecule has 0 radical (unpaired) electrons. The minimum atomic E-state index is -0.626. The van der Waals surface area contributed by atoms with Gasteiger partial charge in [0.05, 0.1) is 5.92 Å². The zero-order valence-corrected chi connectivity index (χ0v) is 16.0. The third-order valence-electron chi connectivity index (χ3n) is 6.28. The van der Waals surface area contributed by atoms with Crippen LogP contribution in [-0.4, -0.2) is 43.1 Å². The van der Waals surface area contributed by atoms with Crippen LogP contribution in [-0.2, 0) is 19.2 Å². The van der Waals surface area contributed by atoms with Crippen LogP contribution in [0.3, 0.4) is 0 Å². The van der Waals surface area contributed by atoms with E-state index in [1.165, 1.54) is 0 Å². The molecule has 0 saturated carbocycles. The molecule has 7 nitrogen and oxygen atoms in total. The maximum atomic E-state index is 12.9. The van der Waals surface area contributed by atoms with Crippen LogP contribution >= 0.6 is 0 Å². The van der Waals surface area contributed by atoms with E-state index in [1.54, 1.807) is 4.90 Å². The summed E-state index contributed by atoms with van der Waals surface area (Å²) in [7, 11) is 0. The summed E-state index contributed by atoms with van der Waals surface area (Å²) in [6.45, 7) is 3.67. The lowest BCUT2D eigenvalue weighted by Gasteiger charge is -2.33. The van der Waals surface area contributed by atoms with Gasteiger partial charge in [-0.3, -0.25) is 24.6 Å². The third kappa shape index (κ3) is 3.19. The minimum Gasteiger partial charge on any atom is -0.372 e. The molecule has 1 N–H and O–H groups in total. The van der Waals surface area contributed by atoms with E-state index >= 15 is 0 Å². The first-order valence-electron chi connectivity index (χ1n) is 9.99. The number of benzene rings is 1. The molecule has 148 valence electrons. The molecule has 2 unspecified atom stereocenters. The summed E-state index contributed by atoms with van der Waals surface area (Å²) < 4.78 is 0. The van der Waals surface area contributed by atoms with Crippen molar-refractivity contribution in [3.8, 4) is 0 Å². The van der Waals surface area contributed by atoms with E-state index in [2.05, 4.69) is 16.3 Å². The number of piperidine rings is 2. The summed E-state index contributed by atoms with van der Waals surface area (Å²) in [4.78, 5) is 51.2. The molecule has 4 rings (SSSR count). The van der Waals surface area contributed by atoms with Crippen molar-refractivity contribution in [1.82, 2.24) is 5.32 Å². The zero-order chi connectivity index (χ0) is 19.8. The first kappa shape index (κ1) is 18.7. The lowest BCUT2D eigenvalue weighted by molar-refractivity contribution is -0.135. The summed E-state index contributed by atoms with van der Waals surface area (Å²) in [6, 6.07) is 5.36. The normalized spacial score (nSPS) is 25.7. The van der Waals surface area contributed by atoms with Crippen molar-refractivity contribution >= 4 is 35.4 Å². The summed E-state index contributed by atoms with van der Waals surface area (Å²) in [5.41, 5.74) is 2.78. The van der Waals surface area contributed by atoms with Crippen LogP contribution in [0.1, 0.15) is 50.5 Å². The van der Waals surface area contributed by atoms with Gasteiger partial charge in [0, 0.05) is 37.3 Å². The van der Waals surface area contributed by atoms with E-state index in [4.69, 9.17) is 0 Å². The predicted octanol–water partition coefficient (Wildman–Crippen LogP) is 1.75. The van der Waals surface area contributed by atoms with E-state index < -0.39 is 11.9 Å². The fraction of sp³-hybridized carbons (Fsp3) is 0.524. The SMILES string of the molecule is CC1C(=O)N(C2CCC(=O)NC2=O)c2ccc(N3CCC(CC=O)CC3)cc21. The number of imide groups is 1. The molecule has 2 fully saturated rings. The van der Waals surface area contributed by atoms with E-state index in [-0.39, 0.29) is 24.2 Å². The molecular weight excluding hydrogens is 358 g/mol. The van der Waals surface area contributed by atoms with Gasteiger partial charge in [0.15, 0.2) is 0 Å².